The number of benzene rings is 2. The molecule has 0 aromatic heterocycles. The molecule has 1 heterocycles. The molecular formula is C25H27F3N2O5. The van der Waals surface area contributed by atoms with Gasteiger partial charge in [0.2, 0.25) is 0 Å². The van der Waals surface area contributed by atoms with E-state index < -0.39 is 24.3 Å². The molecule has 0 N–H and O–H groups in total. The highest BCUT2D eigenvalue weighted by Gasteiger charge is 2.31. The Morgan fingerprint density at radius 3 is 2.43 bits per heavy atom. The number of methoxy groups -OCH3 is 1. The van der Waals surface area contributed by atoms with Gasteiger partial charge in [-0.1, -0.05) is 12.1 Å². The molecule has 10 heteroatoms. The molecule has 3 rings (SSSR count). The Balaban J connectivity index is 1.47. The lowest BCUT2D eigenvalue weighted by atomic mass is 10.1. The summed E-state index contributed by atoms with van der Waals surface area (Å²) in [5, 5.41) is 0. The Morgan fingerprint density at radius 1 is 1.03 bits per heavy atom. The topological polar surface area (TPSA) is 68.3 Å². The van der Waals surface area contributed by atoms with Gasteiger partial charge in [0.1, 0.15) is 0 Å². The van der Waals surface area contributed by atoms with Crippen molar-refractivity contribution in [2.75, 3.05) is 51.4 Å². The van der Waals surface area contributed by atoms with Gasteiger partial charge in [-0.2, -0.15) is 13.2 Å². The first-order valence-corrected chi connectivity index (χ1v) is 11.1. The molecule has 2 aromatic carbocycles. The summed E-state index contributed by atoms with van der Waals surface area (Å²) in [6, 6.07) is 10.3. The Kier molecular flexibility index (Phi) is 8.62. The highest BCUT2D eigenvalue weighted by Crippen LogP contribution is 2.32. The Morgan fingerprint density at radius 2 is 1.77 bits per heavy atom. The molecule has 35 heavy (non-hydrogen) atoms. The van der Waals surface area contributed by atoms with Gasteiger partial charge < -0.3 is 24.0 Å². The maximum Gasteiger partial charge on any atom is 0.416 e. The van der Waals surface area contributed by atoms with E-state index in [4.69, 9.17) is 14.2 Å². The smallest absolute Gasteiger partial charge is 0.416 e. The van der Waals surface area contributed by atoms with Crippen LogP contribution in [0.3, 0.4) is 0 Å². The number of amides is 1. The first kappa shape index (κ1) is 25.9. The van der Waals surface area contributed by atoms with Crippen molar-refractivity contribution in [3.63, 3.8) is 0 Å². The Labute approximate surface area is 201 Å². The van der Waals surface area contributed by atoms with E-state index in [1.54, 1.807) is 35.2 Å². The molecule has 0 radical (unpaired) electrons. The SMILES string of the molecule is CCOc1ccc(/C=C/C(=O)OCC(=O)N2CCN(c3cccc(C(F)(F)F)c3)CC2)cc1OC. The average molecular weight is 492 g/mol. The van der Waals surface area contributed by atoms with Crippen molar-refractivity contribution < 1.29 is 37.0 Å². The zero-order chi connectivity index (χ0) is 25.4. The first-order chi connectivity index (χ1) is 16.7. The minimum atomic E-state index is -4.41. The predicted octanol–water partition coefficient (Wildman–Crippen LogP) is 4.02. The lowest BCUT2D eigenvalue weighted by molar-refractivity contribution is -0.148. The third kappa shape index (κ3) is 7.14. The van der Waals surface area contributed by atoms with E-state index in [1.807, 2.05) is 6.92 Å². The highest BCUT2D eigenvalue weighted by molar-refractivity contribution is 5.89. The fraction of sp³-hybridized carbons (Fsp3) is 0.360. The molecule has 0 atom stereocenters. The van der Waals surface area contributed by atoms with Gasteiger partial charge in [0.25, 0.3) is 5.91 Å². The number of carbonyl (C=O) groups is 2. The number of carbonyl (C=O) groups excluding carboxylic acids is 2. The van der Waals surface area contributed by atoms with Gasteiger partial charge in [0.05, 0.1) is 19.3 Å². The lowest BCUT2D eigenvalue weighted by Gasteiger charge is -2.36. The second kappa shape index (κ2) is 11.6. The molecule has 7 nitrogen and oxygen atoms in total. The van der Waals surface area contributed by atoms with E-state index in [-0.39, 0.29) is 5.91 Å². The standard InChI is InChI=1S/C25H27F3N2O5/c1-3-34-21-9-7-18(15-22(21)33-2)8-10-24(32)35-17-23(31)30-13-11-29(12-14-30)20-6-4-5-19(16-20)25(26,27)28/h4-10,15-16H,3,11-14,17H2,1-2H3/b10-8+. The number of nitrogens with zero attached hydrogens (tertiary/aromatic N) is 2. The van der Waals surface area contributed by atoms with Gasteiger partial charge in [-0.15, -0.1) is 0 Å². The van der Waals surface area contributed by atoms with Crippen LogP contribution in [0.15, 0.2) is 48.5 Å². The summed E-state index contributed by atoms with van der Waals surface area (Å²) in [5.41, 5.74) is 0.436. The molecule has 1 fully saturated rings. The molecule has 1 aliphatic heterocycles. The van der Waals surface area contributed by atoms with E-state index in [0.29, 0.717) is 55.5 Å². The van der Waals surface area contributed by atoms with Crippen molar-refractivity contribution in [3.8, 4) is 11.5 Å². The monoisotopic (exact) mass is 492 g/mol. The number of halogens is 3. The van der Waals surface area contributed by atoms with Gasteiger partial charge in [-0.05, 0) is 48.9 Å². The van der Waals surface area contributed by atoms with Crippen LogP contribution >= 0.6 is 0 Å². The largest absolute Gasteiger partial charge is 0.493 e. The normalized spacial score (nSPS) is 14.2. The van der Waals surface area contributed by atoms with E-state index in [1.165, 1.54) is 24.2 Å². The number of ether oxygens (including phenoxy) is 3. The minimum Gasteiger partial charge on any atom is -0.493 e. The van der Waals surface area contributed by atoms with Gasteiger partial charge in [0, 0.05) is 37.9 Å². The van der Waals surface area contributed by atoms with Crippen LogP contribution in [-0.2, 0) is 20.5 Å². The fourth-order valence-corrected chi connectivity index (χ4v) is 3.59. The van der Waals surface area contributed by atoms with E-state index in [9.17, 15) is 22.8 Å². The molecule has 0 unspecified atom stereocenters. The summed E-state index contributed by atoms with van der Waals surface area (Å²) in [6.07, 6.45) is -1.65. The van der Waals surface area contributed by atoms with Crippen molar-refractivity contribution in [1.29, 1.82) is 0 Å². The van der Waals surface area contributed by atoms with Gasteiger partial charge in [-0.3, -0.25) is 4.79 Å². The summed E-state index contributed by atoms with van der Waals surface area (Å²) in [7, 11) is 1.52. The molecule has 0 bridgehead atoms. The van der Waals surface area contributed by atoms with Crippen molar-refractivity contribution in [1.82, 2.24) is 4.90 Å². The van der Waals surface area contributed by atoms with Crippen LogP contribution in [0.1, 0.15) is 18.1 Å². The second-order valence-electron chi connectivity index (χ2n) is 7.70. The average Bonchev–Trinajstić information content (AvgIpc) is 2.86. The van der Waals surface area contributed by atoms with Crippen LogP contribution < -0.4 is 14.4 Å². The molecule has 188 valence electrons. The van der Waals surface area contributed by atoms with Crippen LogP contribution in [0.5, 0.6) is 11.5 Å². The third-order valence-corrected chi connectivity index (χ3v) is 5.41. The number of hydrogen-bond donors (Lipinski definition) is 0. The number of esters is 1. The van der Waals surface area contributed by atoms with Crippen molar-refractivity contribution in [2.24, 2.45) is 0 Å². The number of rotatable bonds is 8. The molecule has 1 aliphatic rings. The van der Waals surface area contributed by atoms with Crippen LogP contribution in [0, 0.1) is 0 Å². The summed E-state index contributed by atoms with van der Waals surface area (Å²) in [5.74, 6) is 0.0854. The third-order valence-electron chi connectivity index (χ3n) is 5.41. The molecule has 1 amide bonds. The molecule has 1 saturated heterocycles. The number of alkyl halides is 3. The molecule has 0 saturated carbocycles. The first-order valence-electron chi connectivity index (χ1n) is 11.1. The van der Waals surface area contributed by atoms with Crippen LogP contribution in [-0.4, -0.2) is 63.3 Å². The molecule has 0 aliphatic carbocycles. The summed E-state index contributed by atoms with van der Waals surface area (Å²) >= 11 is 0. The quantitative estimate of drug-likeness (QED) is 0.410. The van der Waals surface area contributed by atoms with Gasteiger partial charge >= 0.3 is 12.1 Å². The zero-order valence-corrected chi connectivity index (χ0v) is 19.5. The number of hydrogen-bond acceptors (Lipinski definition) is 6. The van der Waals surface area contributed by atoms with E-state index in [0.717, 1.165) is 12.1 Å². The minimum absolute atomic E-state index is 0.314. The molecular weight excluding hydrogens is 465 g/mol. The van der Waals surface area contributed by atoms with Gasteiger partial charge in [-0.25, -0.2) is 4.79 Å². The maximum atomic E-state index is 13.0. The zero-order valence-electron chi connectivity index (χ0n) is 19.5. The number of anilines is 1. The summed E-state index contributed by atoms with van der Waals surface area (Å²) < 4.78 is 54.6. The second-order valence-corrected chi connectivity index (χ2v) is 7.70. The van der Waals surface area contributed by atoms with Crippen LogP contribution in [0.25, 0.3) is 6.08 Å². The molecule has 2 aromatic rings. The lowest BCUT2D eigenvalue weighted by Crippen LogP contribution is -2.49. The maximum absolute atomic E-state index is 13.0. The summed E-state index contributed by atoms with van der Waals surface area (Å²) in [4.78, 5) is 27.8. The van der Waals surface area contributed by atoms with Crippen molar-refractivity contribution >= 4 is 23.6 Å². The predicted molar refractivity (Wildman–Crippen MR) is 124 cm³/mol. The summed E-state index contributed by atoms with van der Waals surface area (Å²) in [6.45, 7) is 3.32. The number of piperazine rings is 1. The van der Waals surface area contributed by atoms with Crippen molar-refractivity contribution in [2.45, 2.75) is 13.1 Å². The molecule has 0 spiro atoms. The Hall–Kier alpha value is -3.69. The van der Waals surface area contributed by atoms with E-state index >= 15 is 0 Å². The van der Waals surface area contributed by atoms with E-state index in [2.05, 4.69) is 0 Å². The fourth-order valence-electron chi connectivity index (χ4n) is 3.59. The van der Waals surface area contributed by atoms with Crippen molar-refractivity contribution in [3.05, 3.63) is 59.7 Å². The van der Waals surface area contributed by atoms with Gasteiger partial charge in [0.15, 0.2) is 18.1 Å². The highest BCUT2D eigenvalue weighted by atomic mass is 19.4. The van der Waals surface area contributed by atoms with Crippen LogP contribution in [0.4, 0.5) is 18.9 Å². The van der Waals surface area contributed by atoms with Crippen LogP contribution in [0.2, 0.25) is 0 Å². The Bertz CT molecular complexity index is 1060.